The minimum absolute atomic E-state index is 0.0626. The molecule has 3 atom stereocenters. The fourth-order valence-electron chi connectivity index (χ4n) is 7.87. The van der Waals surface area contributed by atoms with Crippen molar-refractivity contribution >= 4 is 25.7 Å². The van der Waals surface area contributed by atoms with Gasteiger partial charge in [-0.3, -0.25) is 23.4 Å². The molecule has 0 aliphatic heterocycles. The number of phosphoric ester groups is 1. The quantitative estimate of drug-likeness (QED) is 0.0197. The highest BCUT2D eigenvalue weighted by Gasteiger charge is 2.28. The van der Waals surface area contributed by atoms with Gasteiger partial charge in [-0.25, -0.2) is 4.57 Å². The molecule has 0 aliphatic rings. The molecular formula is C66H109O11P. The largest absolute Gasteiger partial charge is 0.472 e. The predicted octanol–water partition coefficient (Wildman–Crippen LogP) is 18.4. The van der Waals surface area contributed by atoms with Crippen molar-refractivity contribution in [1.29, 1.82) is 0 Å². The van der Waals surface area contributed by atoms with Gasteiger partial charge < -0.3 is 24.2 Å². The standard InChI is InChI=1S/C66H109O11P/c1-4-7-10-13-16-19-22-25-28-30-31-33-36-39-42-45-48-51-54-57-66(70)77-63(59-73-64(68)55-52-49-46-43-40-37-35-32-29-26-23-20-17-14-11-8-5-2)61-75-78(71,72)74-60-62(58-67)76-65(69)56-53-50-47-44-41-38-34-27-24-21-18-15-12-9-6-3/h7,9-10,12,16,18-19,21,25,27-28,31,33-34,39,41-42,44,50,53,62-63,67H,4-6,8,11,13-15,17,20,22-24,26,29-30,32,35-38,40,43,45-49,51-52,54-61H2,1-3H3,(H,71,72)/b10-7-,12-9-,19-16-,21-18-,28-25-,33-31-,34-27-,42-39-,44-41-,53-50-. The summed E-state index contributed by atoms with van der Waals surface area (Å²) in [6.45, 7) is 4.28. The number of rotatable bonds is 55. The molecule has 12 heteroatoms. The molecule has 2 N–H and O–H groups in total. The third-order valence-corrected chi connectivity index (χ3v) is 13.4. The van der Waals surface area contributed by atoms with Gasteiger partial charge in [0.05, 0.1) is 26.2 Å². The lowest BCUT2D eigenvalue weighted by molar-refractivity contribution is -0.161. The summed E-state index contributed by atoms with van der Waals surface area (Å²) in [7, 11) is -4.79. The Morgan fingerprint density at radius 1 is 0.385 bits per heavy atom. The van der Waals surface area contributed by atoms with Crippen LogP contribution >= 0.6 is 7.82 Å². The maximum atomic E-state index is 12.9. The monoisotopic (exact) mass is 1110 g/mol. The first kappa shape index (κ1) is 73.9. The van der Waals surface area contributed by atoms with Crippen LogP contribution in [-0.4, -0.2) is 66.5 Å². The van der Waals surface area contributed by atoms with Crippen molar-refractivity contribution in [2.75, 3.05) is 26.4 Å². The number of phosphoric acid groups is 1. The van der Waals surface area contributed by atoms with E-state index in [0.717, 1.165) is 96.3 Å². The van der Waals surface area contributed by atoms with Crippen LogP contribution < -0.4 is 0 Å². The van der Waals surface area contributed by atoms with Crippen molar-refractivity contribution in [1.82, 2.24) is 0 Å². The van der Waals surface area contributed by atoms with E-state index in [0.29, 0.717) is 19.3 Å². The summed E-state index contributed by atoms with van der Waals surface area (Å²) in [6.07, 6.45) is 73.3. The number of carbonyl (C=O) groups excluding carboxylic acids is 3. The van der Waals surface area contributed by atoms with Crippen molar-refractivity contribution in [2.24, 2.45) is 0 Å². The molecule has 0 saturated heterocycles. The van der Waals surface area contributed by atoms with Gasteiger partial charge in [-0.2, -0.15) is 0 Å². The SMILES string of the molecule is CC/C=C\C/C=C\C/C=C\C/C=C\C/C=C\CCCCCC(=O)OC(COC(=O)CCCCCCCCCCCCCCCCCCC)COP(=O)(O)OCC(CO)OC(=O)C/C=C\C/C=C\C/C=C\C/C=C\C/C=C\CC. The van der Waals surface area contributed by atoms with Gasteiger partial charge in [0.25, 0.3) is 0 Å². The van der Waals surface area contributed by atoms with Crippen LogP contribution in [0.15, 0.2) is 122 Å². The summed E-state index contributed by atoms with van der Waals surface area (Å²) in [5, 5.41) is 9.81. The Kier molecular flexibility index (Phi) is 55.9. The Balaban J connectivity index is 4.86. The van der Waals surface area contributed by atoms with Crippen LogP contribution in [0.3, 0.4) is 0 Å². The van der Waals surface area contributed by atoms with Crippen molar-refractivity contribution < 1.29 is 52.2 Å². The number of ether oxygens (including phenoxy) is 3. The second kappa shape index (κ2) is 59.0. The maximum Gasteiger partial charge on any atom is 0.472 e. The van der Waals surface area contributed by atoms with E-state index in [-0.39, 0.29) is 25.9 Å². The van der Waals surface area contributed by atoms with E-state index in [1.54, 1.807) is 6.08 Å². The number of hydrogen-bond donors (Lipinski definition) is 2. The molecule has 78 heavy (non-hydrogen) atoms. The fraction of sp³-hybridized carbons (Fsp3) is 0.652. The minimum atomic E-state index is -4.79. The molecule has 0 rings (SSSR count). The topological polar surface area (TPSA) is 155 Å². The number of unbranched alkanes of at least 4 members (excludes halogenated alkanes) is 19. The smallest absolute Gasteiger partial charge is 0.462 e. The van der Waals surface area contributed by atoms with Gasteiger partial charge in [0, 0.05) is 12.8 Å². The number of esters is 3. The molecule has 0 heterocycles. The van der Waals surface area contributed by atoms with Gasteiger partial charge >= 0.3 is 25.7 Å². The van der Waals surface area contributed by atoms with E-state index >= 15 is 0 Å². The zero-order valence-electron chi connectivity index (χ0n) is 49.1. The molecule has 0 radical (unpaired) electrons. The Labute approximate surface area is 475 Å². The van der Waals surface area contributed by atoms with Gasteiger partial charge in [-0.1, -0.05) is 251 Å². The van der Waals surface area contributed by atoms with Crippen molar-refractivity contribution in [3.63, 3.8) is 0 Å². The lowest BCUT2D eigenvalue weighted by atomic mass is 10.0. The first-order valence-electron chi connectivity index (χ1n) is 30.4. The average molecular weight is 1110 g/mol. The van der Waals surface area contributed by atoms with Crippen LogP contribution in [0.2, 0.25) is 0 Å². The molecule has 0 amide bonds. The van der Waals surface area contributed by atoms with E-state index in [2.05, 4.69) is 118 Å². The summed E-state index contributed by atoms with van der Waals surface area (Å²) in [5.41, 5.74) is 0. The molecule has 0 saturated carbocycles. The first-order chi connectivity index (χ1) is 38.2. The summed E-state index contributed by atoms with van der Waals surface area (Å²) in [5.74, 6) is -1.64. The predicted molar refractivity (Wildman–Crippen MR) is 325 cm³/mol. The Hall–Kier alpha value is -4.12. The van der Waals surface area contributed by atoms with Crippen molar-refractivity contribution in [2.45, 2.75) is 251 Å². The van der Waals surface area contributed by atoms with Gasteiger partial charge in [0.2, 0.25) is 0 Å². The molecule has 11 nitrogen and oxygen atoms in total. The van der Waals surface area contributed by atoms with Crippen LogP contribution in [0.5, 0.6) is 0 Å². The van der Waals surface area contributed by atoms with Gasteiger partial charge in [-0.15, -0.1) is 0 Å². The molecule has 0 spiro atoms. The third-order valence-electron chi connectivity index (χ3n) is 12.4. The molecule has 444 valence electrons. The molecule has 0 aromatic heterocycles. The number of hydrogen-bond acceptors (Lipinski definition) is 10. The Morgan fingerprint density at radius 2 is 0.718 bits per heavy atom. The first-order valence-corrected chi connectivity index (χ1v) is 31.9. The van der Waals surface area contributed by atoms with E-state index < -0.39 is 57.8 Å². The van der Waals surface area contributed by atoms with E-state index in [4.69, 9.17) is 23.3 Å². The highest BCUT2D eigenvalue weighted by atomic mass is 31.2. The summed E-state index contributed by atoms with van der Waals surface area (Å²) >= 11 is 0. The highest BCUT2D eigenvalue weighted by molar-refractivity contribution is 7.47. The van der Waals surface area contributed by atoms with Crippen LogP contribution in [0.4, 0.5) is 0 Å². The van der Waals surface area contributed by atoms with Crippen molar-refractivity contribution in [3.8, 4) is 0 Å². The normalized spacial score (nSPS) is 14.2. The Bertz CT molecular complexity index is 1770. The lowest BCUT2D eigenvalue weighted by Crippen LogP contribution is -2.30. The van der Waals surface area contributed by atoms with Crippen LogP contribution in [0.25, 0.3) is 0 Å². The number of allylic oxidation sites excluding steroid dienone is 19. The molecule has 0 fully saturated rings. The zero-order chi connectivity index (χ0) is 56.9. The molecule has 3 unspecified atom stereocenters. The van der Waals surface area contributed by atoms with Crippen LogP contribution in [0, 0.1) is 0 Å². The van der Waals surface area contributed by atoms with Crippen LogP contribution in [0.1, 0.15) is 239 Å². The zero-order valence-corrected chi connectivity index (χ0v) is 50.0. The van der Waals surface area contributed by atoms with Gasteiger partial charge in [-0.05, 0) is 89.9 Å². The van der Waals surface area contributed by atoms with Gasteiger partial charge in [0.15, 0.2) is 6.10 Å². The van der Waals surface area contributed by atoms with E-state index in [1.165, 1.54) is 83.5 Å². The number of carbonyl (C=O) groups is 3. The highest BCUT2D eigenvalue weighted by Crippen LogP contribution is 2.43. The van der Waals surface area contributed by atoms with Gasteiger partial charge in [0.1, 0.15) is 12.7 Å². The maximum absolute atomic E-state index is 12.9. The van der Waals surface area contributed by atoms with Crippen LogP contribution in [-0.2, 0) is 42.2 Å². The molecule has 0 bridgehead atoms. The lowest BCUT2D eigenvalue weighted by Gasteiger charge is -2.21. The summed E-state index contributed by atoms with van der Waals surface area (Å²) in [4.78, 5) is 48.6. The number of aliphatic hydroxyl groups excluding tert-OH is 1. The molecule has 0 aromatic rings. The minimum Gasteiger partial charge on any atom is -0.462 e. The third kappa shape index (κ3) is 56.6. The average Bonchev–Trinajstić information content (AvgIpc) is 3.43. The second-order valence-electron chi connectivity index (χ2n) is 19.8. The molecule has 0 aliphatic carbocycles. The second-order valence-corrected chi connectivity index (χ2v) is 21.2. The summed E-state index contributed by atoms with van der Waals surface area (Å²) in [6, 6.07) is 0. The summed E-state index contributed by atoms with van der Waals surface area (Å²) < 4.78 is 39.4. The van der Waals surface area contributed by atoms with Crippen molar-refractivity contribution in [3.05, 3.63) is 122 Å². The number of aliphatic hydroxyl groups is 1. The fourth-order valence-corrected chi connectivity index (χ4v) is 8.65. The Morgan fingerprint density at radius 3 is 1.13 bits per heavy atom. The molecular weight excluding hydrogens is 1000 g/mol. The van der Waals surface area contributed by atoms with E-state index in [1.807, 2.05) is 18.2 Å². The molecule has 0 aromatic carbocycles. The van der Waals surface area contributed by atoms with E-state index in [9.17, 15) is 28.9 Å².